The Hall–Kier alpha value is -1.04. The molecule has 15 heavy (non-hydrogen) atoms. The second-order valence-corrected chi connectivity index (χ2v) is 3.49. The minimum Gasteiger partial charge on any atom is -0.378 e. The monoisotopic (exact) mass is 222 g/mol. The van der Waals surface area contributed by atoms with Crippen LogP contribution in [-0.2, 0) is 17.5 Å². The number of alkyl halides is 3. The molecule has 0 fully saturated rings. The maximum Gasteiger partial charge on any atom is 0.435 e. The average molecular weight is 222 g/mol. The van der Waals surface area contributed by atoms with Crippen molar-refractivity contribution in [1.29, 1.82) is 0 Å². The Morgan fingerprint density at radius 2 is 2.07 bits per heavy atom. The fourth-order valence-electron chi connectivity index (χ4n) is 1.27. The zero-order valence-electron chi connectivity index (χ0n) is 8.80. The number of hydrogen-bond donors (Lipinski definition) is 0. The van der Waals surface area contributed by atoms with Crippen LogP contribution in [0.15, 0.2) is 6.07 Å². The number of aromatic nitrogens is 2. The fraction of sp³-hybridized carbons (Fsp3) is 0.667. The topological polar surface area (TPSA) is 27.1 Å². The van der Waals surface area contributed by atoms with Gasteiger partial charge in [0.2, 0.25) is 0 Å². The third kappa shape index (κ3) is 2.71. The normalized spacial score (nSPS) is 12.5. The molecular weight excluding hydrogens is 209 g/mol. The lowest BCUT2D eigenvalue weighted by Crippen LogP contribution is -2.10. The highest BCUT2D eigenvalue weighted by Gasteiger charge is 2.35. The van der Waals surface area contributed by atoms with Crippen LogP contribution in [0.4, 0.5) is 13.2 Å². The molecule has 1 heterocycles. The summed E-state index contributed by atoms with van der Waals surface area (Å²) in [7, 11) is 1.44. The molecule has 0 saturated carbocycles. The number of methoxy groups -OCH3 is 1. The third-order valence-electron chi connectivity index (χ3n) is 1.88. The van der Waals surface area contributed by atoms with Crippen LogP contribution in [0.5, 0.6) is 0 Å². The van der Waals surface area contributed by atoms with Gasteiger partial charge < -0.3 is 4.74 Å². The van der Waals surface area contributed by atoms with E-state index in [0.717, 1.165) is 6.07 Å². The maximum atomic E-state index is 12.4. The van der Waals surface area contributed by atoms with Gasteiger partial charge in [-0.05, 0) is 19.9 Å². The van der Waals surface area contributed by atoms with E-state index in [2.05, 4.69) is 5.10 Å². The van der Waals surface area contributed by atoms with Crippen LogP contribution in [0.3, 0.4) is 0 Å². The number of rotatable bonds is 3. The number of nitrogens with zero attached hydrogens (tertiary/aromatic N) is 2. The first kappa shape index (κ1) is 12.0. The minimum atomic E-state index is -4.40. The molecule has 0 radical (unpaired) electrons. The van der Waals surface area contributed by atoms with Crippen molar-refractivity contribution in [3.05, 3.63) is 17.5 Å². The van der Waals surface area contributed by atoms with Crippen LogP contribution in [0.2, 0.25) is 0 Å². The van der Waals surface area contributed by atoms with E-state index < -0.39 is 11.9 Å². The molecule has 0 amide bonds. The van der Waals surface area contributed by atoms with Crippen molar-refractivity contribution < 1.29 is 17.9 Å². The van der Waals surface area contributed by atoms with Gasteiger partial charge in [0, 0.05) is 13.2 Å². The van der Waals surface area contributed by atoms with Gasteiger partial charge >= 0.3 is 6.18 Å². The molecule has 0 aromatic carbocycles. The predicted octanol–water partition coefficient (Wildman–Crippen LogP) is 2.63. The van der Waals surface area contributed by atoms with Gasteiger partial charge in [-0.1, -0.05) is 0 Å². The third-order valence-corrected chi connectivity index (χ3v) is 1.88. The molecule has 0 atom stereocenters. The molecule has 0 aliphatic carbocycles. The van der Waals surface area contributed by atoms with Gasteiger partial charge in [0.25, 0.3) is 0 Å². The lowest BCUT2D eigenvalue weighted by atomic mass is 10.3. The van der Waals surface area contributed by atoms with Crippen LogP contribution in [0, 0.1) is 0 Å². The van der Waals surface area contributed by atoms with E-state index >= 15 is 0 Å². The Balaban J connectivity index is 3.09. The molecule has 0 spiro atoms. The largest absolute Gasteiger partial charge is 0.435 e. The molecule has 1 aromatic rings. The summed E-state index contributed by atoms with van der Waals surface area (Å²) < 4.78 is 43.2. The van der Waals surface area contributed by atoms with Crippen molar-refractivity contribution in [2.24, 2.45) is 0 Å². The van der Waals surface area contributed by atoms with Crippen molar-refractivity contribution in [2.45, 2.75) is 32.7 Å². The van der Waals surface area contributed by atoms with Crippen molar-refractivity contribution >= 4 is 0 Å². The zero-order chi connectivity index (χ0) is 11.6. The van der Waals surface area contributed by atoms with Crippen molar-refractivity contribution in [3.63, 3.8) is 0 Å². The summed E-state index contributed by atoms with van der Waals surface area (Å²) >= 11 is 0. The maximum absolute atomic E-state index is 12.4. The van der Waals surface area contributed by atoms with Gasteiger partial charge in [-0.15, -0.1) is 0 Å². The van der Waals surface area contributed by atoms with Crippen LogP contribution in [-0.4, -0.2) is 16.9 Å². The highest BCUT2D eigenvalue weighted by molar-refractivity contribution is 5.13. The Kier molecular flexibility index (Phi) is 3.38. The van der Waals surface area contributed by atoms with E-state index in [4.69, 9.17) is 4.74 Å². The molecule has 0 unspecified atom stereocenters. The quantitative estimate of drug-likeness (QED) is 0.786. The van der Waals surface area contributed by atoms with Gasteiger partial charge in [-0.3, -0.25) is 4.68 Å². The molecule has 0 bridgehead atoms. The molecule has 0 aliphatic heterocycles. The number of halogens is 3. The summed E-state index contributed by atoms with van der Waals surface area (Å²) in [6.45, 7) is 3.67. The minimum absolute atomic E-state index is 0.119. The standard InChI is InChI=1S/C9H13F3N2O/c1-6(2)14-7(5-15-3)4-8(13-14)9(10,11)12/h4,6H,5H2,1-3H3. The van der Waals surface area contributed by atoms with Gasteiger partial charge in [-0.2, -0.15) is 18.3 Å². The van der Waals surface area contributed by atoms with Crippen LogP contribution in [0.1, 0.15) is 31.3 Å². The van der Waals surface area contributed by atoms with E-state index in [9.17, 15) is 13.2 Å². The van der Waals surface area contributed by atoms with Crippen LogP contribution >= 0.6 is 0 Å². The Labute approximate surface area is 85.8 Å². The SMILES string of the molecule is COCc1cc(C(F)(F)F)nn1C(C)C. The fourth-order valence-corrected chi connectivity index (χ4v) is 1.27. The van der Waals surface area contributed by atoms with Crippen LogP contribution in [0.25, 0.3) is 0 Å². The molecule has 0 aliphatic rings. The van der Waals surface area contributed by atoms with Crippen molar-refractivity contribution in [3.8, 4) is 0 Å². The number of ether oxygens (including phenoxy) is 1. The summed E-state index contributed by atoms with van der Waals surface area (Å²) in [5.41, 5.74) is -0.442. The summed E-state index contributed by atoms with van der Waals surface area (Å²) in [5, 5.41) is 3.51. The predicted molar refractivity (Wildman–Crippen MR) is 48.3 cm³/mol. The molecule has 1 rings (SSSR count). The first-order chi connectivity index (χ1) is 6.86. The number of hydrogen-bond acceptors (Lipinski definition) is 2. The van der Waals surface area contributed by atoms with Gasteiger partial charge in [-0.25, -0.2) is 0 Å². The molecular formula is C9H13F3N2O. The molecule has 0 N–H and O–H groups in total. The zero-order valence-corrected chi connectivity index (χ0v) is 8.80. The lowest BCUT2D eigenvalue weighted by Gasteiger charge is -2.09. The summed E-state index contributed by atoms with van der Waals surface area (Å²) in [6, 6.07) is 0.898. The smallest absolute Gasteiger partial charge is 0.378 e. The summed E-state index contributed by atoms with van der Waals surface area (Å²) in [4.78, 5) is 0. The van der Waals surface area contributed by atoms with Gasteiger partial charge in [0.1, 0.15) is 0 Å². The highest BCUT2D eigenvalue weighted by Crippen LogP contribution is 2.29. The van der Waals surface area contributed by atoms with E-state index in [0.29, 0.717) is 5.69 Å². The van der Waals surface area contributed by atoms with Gasteiger partial charge in [0.05, 0.1) is 12.3 Å². The Morgan fingerprint density at radius 1 is 1.47 bits per heavy atom. The second-order valence-electron chi connectivity index (χ2n) is 3.49. The van der Waals surface area contributed by atoms with Gasteiger partial charge in [0.15, 0.2) is 5.69 Å². The van der Waals surface area contributed by atoms with E-state index in [1.807, 2.05) is 0 Å². The molecule has 3 nitrogen and oxygen atoms in total. The molecule has 1 aromatic heterocycles. The first-order valence-corrected chi connectivity index (χ1v) is 4.50. The molecule has 86 valence electrons. The molecule has 0 saturated heterocycles. The van der Waals surface area contributed by atoms with Crippen LogP contribution < -0.4 is 0 Å². The second kappa shape index (κ2) is 4.22. The Bertz CT molecular complexity index is 331. The van der Waals surface area contributed by atoms with Crippen molar-refractivity contribution in [2.75, 3.05) is 7.11 Å². The molecule has 6 heteroatoms. The Morgan fingerprint density at radius 3 is 2.47 bits per heavy atom. The van der Waals surface area contributed by atoms with Crippen molar-refractivity contribution in [1.82, 2.24) is 9.78 Å². The summed E-state index contributed by atoms with van der Waals surface area (Å²) in [5.74, 6) is 0. The van der Waals surface area contributed by atoms with E-state index in [1.54, 1.807) is 13.8 Å². The lowest BCUT2D eigenvalue weighted by molar-refractivity contribution is -0.141. The first-order valence-electron chi connectivity index (χ1n) is 4.50. The summed E-state index contributed by atoms with van der Waals surface area (Å²) in [6.07, 6.45) is -4.40. The highest BCUT2D eigenvalue weighted by atomic mass is 19.4. The average Bonchev–Trinajstić information content (AvgIpc) is 2.48. The van der Waals surface area contributed by atoms with E-state index in [-0.39, 0.29) is 12.6 Å². The van der Waals surface area contributed by atoms with E-state index in [1.165, 1.54) is 11.8 Å².